The minimum atomic E-state index is -1.26. The van der Waals surface area contributed by atoms with Crippen molar-refractivity contribution in [1.29, 1.82) is 0 Å². The number of nitrogens with two attached hydrogens (primary N) is 1. The Kier molecular flexibility index (Phi) is 11.2. The van der Waals surface area contributed by atoms with Crippen LogP contribution in [0, 0.1) is 0 Å². The summed E-state index contributed by atoms with van der Waals surface area (Å²) in [6, 6.07) is 3.79. The summed E-state index contributed by atoms with van der Waals surface area (Å²) >= 11 is 1.43. The second kappa shape index (κ2) is 14.1. The van der Waals surface area contributed by atoms with Gasteiger partial charge in [-0.05, 0) is 36.5 Å². The Morgan fingerprint density at radius 3 is 2.22 bits per heavy atom. The van der Waals surface area contributed by atoms with Crippen molar-refractivity contribution in [3.05, 3.63) is 36.0 Å². The first-order chi connectivity index (χ1) is 17.2. The number of H-pyrrole nitrogens is 1. The fourth-order valence-electron chi connectivity index (χ4n) is 3.56. The summed E-state index contributed by atoms with van der Waals surface area (Å²) in [5.74, 6) is -4.04. The number of carbonyl (C=O) groups excluding carboxylic acids is 3. The molecule has 0 bridgehead atoms. The van der Waals surface area contributed by atoms with Gasteiger partial charge in [0, 0.05) is 29.9 Å². The highest BCUT2D eigenvalue weighted by atomic mass is 32.2. The number of fused-ring (bicyclic) bond motifs is 1. The average Bonchev–Trinajstić information content (AvgIpc) is 3.25. The quantitative estimate of drug-likeness (QED) is 0.166. The normalized spacial score (nSPS) is 13.4. The van der Waals surface area contributed by atoms with Crippen molar-refractivity contribution < 1.29 is 34.2 Å². The number of hydrogen-bond acceptors (Lipinski definition) is 7. The van der Waals surface area contributed by atoms with E-state index >= 15 is 0 Å². The Labute approximate surface area is 211 Å². The van der Waals surface area contributed by atoms with Gasteiger partial charge in [0.2, 0.25) is 17.7 Å². The number of carboxylic acids is 2. The Morgan fingerprint density at radius 2 is 1.61 bits per heavy atom. The Balaban J connectivity index is 2.15. The number of rotatable bonds is 15. The minimum Gasteiger partial charge on any atom is -0.481 e. The molecule has 2 rings (SSSR count). The monoisotopic (exact) mass is 521 g/mol. The van der Waals surface area contributed by atoms with E-state index in [1.165, 1.54) is 11.8 Å². The lowest BCUT2D eigenvalue weighted by molar-refractivity contribution is -0.142. The molecule has 0 aliphatic heterocycles. The molecule has 0 spiro atoms. The number of aromatic nitrogens is 1. The third-order valence-electron chi connectivity index (χ3n) is 5.44. The predicted octanol–water partition coefficient (Wildman–Crippen LogP) is -0.174. The maximum absolute atomic E-state index is 13.1. The number of benzene rings is 1. The molecule has 8 N–H and O–H groups in total. The molecule has 1 aromatic heterocycles. The largest absolute Gasteiger partial charge is 0.481 e. The SMILES string of the molecule is CSCCC(NC(=O)C(CCC(=O)O)NC(=O)CN)C(=O)NC(Cc1c[nH]c2ccccc12)C(=O)O. The van der Waals surface area contributed by atoms with Gasteiger partial charge < -0.3 is 36.9 Å². The molecule has 0 fully saturated rings. The predicted molar refractivity (Wildman–Crippen MR) is 134 cm³/mol. The second-order valence-corrected chi connectivity index (χ2v) is 9.05. The minimum absolute atomic E-state index is 0.0159. The van der Waals surface area contributed by atoms with Gasteiger partial charge in [-0.2, -0.15) is 11.8 Å². The Morgan fingerprint density at radius 1 is 0.972 bits per heavy atom. The van der Waals surface area contributed by atoms with Crippen LogP contribution in [0.2, 0.25) is 0 Å². The number of amides is 3. The lowest BCUT2D eigenvalue weighted by Gasteiger charge is -2.24. The summed E-state index contributed by atoms with van der Waals surface area (Å²) in [4.78, 5) is 63.6. The van der Waals surface area contributed by atoms with Gasteiger partial charge in [-0.15, -0.1) is 0 Å². The number of nitrogens with one attached hydrogen (secondary N) is 4. The van der Waals surface area contributed by atoms with Crippen LogP contribution in [0.25, 0.3) is 10.9 Å². The van der Waals surface area contributed by atoms with Crippen LogP contribution in [0.1, 0.15) is 24.8 Å². The number of thioether (sulfide) groups is 1. The van der Waals surface area contributed by atoms with Crippen LogP contribution in [-0.2, 0) is 30.4 Å². The number of aromatic amines is 1. The van der Waals surface area contributed by atoms with Crippen molar-refractivity contribution in [1.82, 2.24) is 20.9 Å². The third kappa shape index (κ3) is 8.57. The van der Waals surface area contributed by atoms with Crippen molar-refractivity contribution in [3.8, 4) is 0 Å². The lowest BCUT2D eigenvalue weighted by Crippen LogP contribution is -2.56. The molecule has 0 saturated carbocycles. The van der Waals surface area contributed by atoms with E-state index in [4.69, 9.17) is 10.8 Å². The number of carbonyl (C=O) groups is 5. The van der Waals surface area contributed by atoms with E-state index in [-0.39, 0.29) is 19.3 Å². The van der Waals surface area contributed by atoms with E-state index in [1.807, 2.05) is 30.5 Å². The first kappa shape index (κ1) is 28.7. The molecule has 3 atom stereocenters. The molecule has 0 saturated heterocycles. The van der Waals surface area contributed by atoms with Crippen molar-refractivity contribution >= 4 is 52.3 Å². The zero-order valence-electron chi connectivity index (χ0n) is 19.8. The summed E-state index contributed by atoms with van der Waals surface area (Å²) in [5, 5.41) is 26.9. The standard InChI is InChI=1S/C23H31N5O7S/c1-36-9-8-17(27-21(32)16(6-7-20(30)31)26-19(29)11-24)22(33)28-18(23(34)35)10-13-12-25-15-5-3-2-4-14(13)15/h2-5,12,16-18,25H,6-11,24H2,1H3,(H,26,29)(H,27,32)(H,28,33)(H,30,31)(H,34,35). The van der Waals surface area contributed by atoms with Crippen LogP contribution in [0.15, 0.2) is 30.5 Å². The van der Waals surface area contributed by atoms with Crippen LogP contribution >= 0.6 is 11.8 Å². The van der Waals surface area contributed by atoms with Crippen LogP contribution < -0.4 is 21.7 Å². The molecule has 3 amide bonds. The van der Waals surface area contributed by atoms with E-state index in [0.717, 1.165) is 10.9 Å². The number of aliphatic carboxylic acids is 2. The molecule has 0 radical (unpaired) electrons. The van der Waals surface area contributed by atoms with E-state index in [0.29, 0.717) is 11.3 Å². The topological polar surface area (TPSA) is 204 Å². The van der Waals surface area contributed by atoms with Gasteiger partial charge in [0.1, 0.15) is 18.1 Å². The first-order valence-electron chi connectivity index (χ1n) is 11.2. The molecule has 196 valence electrons. The van der Waals surface area contributed by atoms with Gasteiger partial charge in [0.15, 0.2) is 0 Å². The summed E-state index contributed by atoms with van der Waals surface area (Å²) < 4.78 is 0. The van der Waals surface area contributed by atoms with Crippen LogP contribution in [0.3, 0.4) is 0 Å². The molecule has 0 aliphatic rings. The maximum atomic E-state index is 13.1. The number of hydrogen-bond donors (Lipinski definition) is 7. The van der Waals surface area contributed by atoms with E-state index in [9.17, 15) is 29.1 Å². The van der Waals surface area contributed by atoms with Crippen molar-refractivity contribution in [3.63, 3.8) is 0 Å². The highest BCUT2D eigenvalue weighted by Gasteiger charge is 2.30. The maximum Gasteiger partial charge on any atom is 0.326 e. The first-order valence-corrected chi connectivity index (χ1v) is 12.6. The average molecular weight is 522 g/mol. The highest BCUT2D eigenvalue weighted by Crippen LogP contribution is 2.19. The third-order valence-corrected chi connectivity index (χ3v) is 6.09. The molecule has 36 heavy (non-hydrogen) atoms. The molecule has 3 unspecified atom stereocenters. The molecule has 0 aliphatic carbocycles. The Bertz CT molecular complexity index is 1090. The molecular formula is C23H31N5O7S. The molecule has 13 heteroatoms. The fraction of sp³-hybridized carbons (Fsp3) is 0.435. The van der Waals surface area contributed by atoms with Crippen LogP contribution in [0.5, 0.6) is 0 Å². The lowest BCUT2D eigenvalue weighted by atomic mass is 10.0. The fourth-order valence-corrected chi connectivity index (χ4v) is 4.03. The van der Waals surface area contributed by atoms with Gasteiger partial charge in [-0.25, -0.2) is 4.79 Å². The molecule has 2 aromatic rings. The van der Waals surface area contributed by atoms with E-state index < -0.39 is 60.8 Å². The van der Waals surface area contributed by atoms with Crippen molar-refractivity contribution in [2.75, 3.05) is 18.6 Å². The van der Waals surface area contributed by atoms with Crippen molar-refractivity contribution in [2.24, 2.45) is 5.73 Å². The van der Waals surface area contributed by atoms with Gasteiger partial charge in [0.25, 0.3) is 0 Å². The van der Waals surface area contributed by atoms with Crippen LogP contribution in [0.4, 0.5) is 0 Å². The van der Waals surface area contributed by atoms with Gasteiger partial charge >= 0.3 is 11.9 Å². The van der Waals surface area contributed by atoms with Gasteiger partial charge in [0.05, 0.1) is 6.54 Å². The molecular weight excluding hydrogens is 490 g/mol. The summed E-state index contributed by atoms with van der Waals surface area (Å²) in [6.07, 6.45) is 3.10. The van der Waals surface area contributed by atoms with E-state index in [2.05, 4.69) is 20.9 Å². The van der Waals surface area contributed by atoms with Crippen LogP contribution in [-0.4, -0.2) is 81.5 Å². The summed E-state index contributed by atoms with van der Waals surface area (Å²) in [7, 11) is 0. The smallest absolute Gasteiger partial charge is 0.326 e. The van der Waals surface area contributed by atoms with Gasteiger partial charge in [-0.1, -0.05) is 18.2 Å². The Hall–Kier alpha value is -3.58. The molecule has 12 nitrogen and oxygen atoms in total. The van der Waals surface area contributed by atoms with Gasteiger partial charge in [-0.3, -0.25) is 19.2 Å². The summed E-state index contributed by atoms with van der Waals surface area (Å²) in [5.41, 5.74) is 6.82. The van der Waals surface area contributed by atoms with Crippen molar-refractivity contribution in [2.45, 2.75) is 43.8 Å². The zero-order chi connectivity index (χ0) is 26.7. The van der Waals surface area contributed by atoms with E-state index in [1.54, 1.807) is 6.20 Å². The second-order valence-electron chi connectivity index (χ2n) is 8.06. The number of carboxylic acid groups (broad SMARTS) is 2. The summed E-state index contributed by atoms with van der Waals surface area (Å²) in [6.45, 7) is -0.401. The zero-order valence-corrected chi connectivity index (χ0v) is 20.6. The molecule has 1 aromatic carbocycles. The number of para-hydroxylation sites is 1. The molecule has 1 heterocycles. The highest BCUT2D eigenvalue weighted by molar-refractivity contribution is 7.98.